The minimum Gasteiger partial charge on any atom is -0.357 e. The summed E-state index contributed by atoms with van der Waals surface area (Å²) in [4.78, 5) is 32.8. The SMILES string of the molecule is C/C=C/Cn1cc(C(=O)NCCN2CCN(C)CC2)c2cc[nH]c2c1=O. The van der Waals surface area contributed by atoms with Crippen molar-refractivity contribution in [1.29, 1.82) is 0 Å². The molecule has 0 atom stereocenters. The fourth-order valence-electron chi connectivity index (χ4n) is 3.23. The fourth-order valence-corrected chi connectivity index (χ4v) is 3.23. The average Bonchev–Trinajstić information content (AvgIpc) is 3.13. The number of piperazine rings is 1. The van der Waals surface area contributed by atoms with Crippen LogP contribution in [0.15, 0.2) is 35.4 Å². The smallest absolute Gasteiger partial charge is 0.275 e. The molecule has 140 valence electrons. The van der Waals surface area contributed by atoms with E-state index in [0.717, 1.165) is 32.7 Å². The number of amides is 1. The number of aromatic amines is 1. The Balaban J connectivity index is 1.70. The van der Waals surface area contributed by atoms with Crippen molar-refractivity contribution in [2.45, 2.75) is 13.5 Å². The van der Waals surface area contributed by atoms with Gasteiger partial charge in [0.1, 0.15) is 5.52 Å². The molecule has 0 radical (unpaired) electrons. The number of carbonyl (C=O) groups is 1. The van der Waals surface area contributed by atoms with Crippen LogP contribution >= 0.6 is 0 Å². The van der Waals surface area contributed by atoms with Crippen LogP contribution < -0.4 is 10.9 Å². The van der Waals surface area contributed by atoms with Gasteiger partial charge in [0.15, 0.2) is 0 Å². The Morgan fingerprint density at radius 2 is 2.08 bits per heavy atom. The Labute approximate surface area is 153 Å². The van der Waals surface area contributed by atoms with Crippen LogP contribution in [0.2, 0.25) is 0 Å². The van der Waals surface area contributed by atoms with E-state index in [2.05, 4.69) is 27.1 Å². The second-order valence-electron chi connectivity index (χ2n) is 6.74. The van der Waals surface area contributed by atoms with Crippen LogP contribution in [0.25, 0.3) is 10.9 Å². The van der Waals surface area contributed by atoms with Crippen LogP contribution in [0.4, 0.5) is 0 Å². The van der Waals surface area contributed by atoms with Crippen molar-refractivity contribution in [1.82, 2.24) is 24.7 Å². The molecule has 7 nitrogen and oxygen atoms in total. The van der Waals surface area contributed by atoms with Crippen LogP contribution in [0.5, 0.6) is 0 Å². The van der Waals surface area contributed by atoms with Crippen LogP contribution in [0.1, 0.15) is 17.3 Å². The summed E-state index contributed by atoms with van der Waals surface area (Å²) in [6.07, 6.45) is 7.14. The van der Waals surface area contributed by atoms with Crippen LogP contribution in [-0.2, 0) is 6.54 Å². The van der Waals surface area contributed by atoms with Gasteiger partial charge in [-0.1, -0.05) is 12.2 Å². The zero-order valence-electron chi connectivity index (χ0n) is 15.5. The number of rotatable bonds is 6. The number of aromatic nitrogens is 2. The monoisotopic (exact) mass is 357 g/mol. The number of fused-ring (bicyclic) bond motifs is 1. The number of pyridine rings is 1. The lowest BCUT2D eigenvalue weighted by molar-refractivity contribution is 0.0942. The minimum atomic E-state index is -0.141. The predicted molar refractivity (Wildman–Crippen MR) is 104 cm³/mol. The van der Waals surface area contributed by atoms with E-state index < -0.39 is 0 Å². The molecule has 1 amide bonds. The highest BCUT2D eigenvalue weighted by molar-refractivity contribution is 6.05. The van der Waals surface area contributed by atoms with Gasteiger partial charge in [-0.2, -0.15) is 0 Å². The molecule has 7 heteroatoms. The van der Waals surface area contributed by atoms with E-state index in [9.17, 15) is 9.59 Å². The highest BCUT2D eigenvalue weighted by Gasteiger charge is 2.17. The molecule has 0 bridgehead atoms. The number of nitrogens with one attached hydrogen (secondary N) is 2. The zero-order chi connectivity index (χ0) is 18.5. The van der Waals surface area contributed by atoms with Gasteiger partial charge in [-0.05, 0) is 20.0 Å². The van der Waals surface area contributed by atoms with Crippen LogP contribution in [0.3, 0.4) is 0 Å². The normalized spacial score (nSPS) is 16.5. The number of nitrogens with zero attached hydrogens (tertiary/aromatic N) is 3. The van der Waals surface area contributed by atoms with Crippen molar-refractivity contribution in [3.8, 4) is 0 Å². The molecule has 2 aromatic heterocycles. The van der Waals surface area contributed by atoms with Crippen LogP contribution in [0, 0.1) is 0 Å². The van der Waals surface area contributed by atoms with Crippen LogP contribution in [-0.4, -0.2) is 71.6 Å². The van der Waals surface area contributed by atoms with E-state index in [1.807, 2.05) is 19.1 Å². The van der Waals surface area contributed by atoms with Crippen molar-refractivity contribution in [3.63, 3.8) is 0 Å². The first-order valence-corrected chi connectivity index (χ1v) is 9.11. The van der Waals surface area contributed by atoms with Gasteiger partial charge in [-0.25, -0.2) is 0 Å². The van der Waals surface area contributed by atoms with E-state index in [4.69, 9.17) is 0 Å². The third-order valence-corrected chi connectivity index (χ3v) is 4.89. The first-order chi connectivity index (χ1) is 12.6. The molecule has 2 N–H and O–H groups in total. The summed E-state index contributed by atoms with van der Waals surface area (Å²) >= 11 is 0. The highest BCUT2D eigenvalue weighted by Crippen LogP contribution is 2.14. The number of allylic oxidation sites excluding steroid dienone is 2. The van der Waals surface area contributed by atoms with Gasteiger partial charge >= 0.3 is 0 Å². The lowest BCUT2D eigenvalue weighted by Gasteiger charge is -2.32. The number of hydrogen-bond donors (Lipinski definition) is 2. The van der Waals surface area contributed by atoms with Gasteiger partial charge in [0.2, 0.25) is 0 Å². The standard InChI is InChI=1S/C19H27N5O2/c1-3-4-8-24-14-16(15-5-6-20-17(15)19(24)26)18(25)21-7-9-23-12-10-22(2)11-13-23/h3-6,14,20H,7-13H2,1-2H3,(H,21,25)/b4-3+. The fraction of sp³-hybridized carbons (Fsp3) is 0.474. The molecule has 0 aliphatic carbocycles. The number of H-pyrrole nitrogens is 1. The Morgan fingerprint density at radius 1 is 1.31 bits per heavy atom. The quantitative estimate of drug-likeness (QED) is 0.753. The molecule has 2 aromatic rings. The molecule has 1 aliphatic heterocycles. The molecule has 26 heavy (non-hydrogen) atoms. The third kappa shape index (κ3) is 4.05. The van der Waals surface area contributed by atoms with Crippen molar-refractivity contribution in [3.05, 3.63) is 46.5 Å². The summed E-state index contributed by atoms with van der Waals surface area (Å²) in [6, 6.07) is 1.78. The van der Waals surface area contributed by atoms with Crippen molar-refractivity contribution < 1.29 is 4.79 Å². The summed E-state index contributed by atoms with van der Waals surface area (Å²) < 4.78 is 1.56. The summed E-state index contributed by atoms with van der Waals surface area (Å²) in [6.45, 7) is 7.99. The maximum absolute atomic E-state index is 12.7. The molecule has 0 saturated carbocycles. The first kappa shape index (κ1) is 18.4. The average molecular weight is 357 g/mol. The second kappa shape index (κ2) is 8.33. The zero-order valence-corrected chi connectivity index (χ0v) is 15.5. The number of carbonyl (C=O) groups excluding carboxylic acids is 1. The Bertz CT molecular complexity index is 843. The van der Waals surface area contributed by atoms with Crippen molar-refractivity contribution >= 4 is 16.8 Å². The lowest BCUT2D eigenvalue weighted by atomic mass is 10.1. The van der Waals surface area contributed by atoms with Gasteiger partial charge in [0, 0.05) is 63.6 Å². The molecule has 1 aliphatic rings. The summed E-state index contributed by atoms with van der Waals surface area (Å²) in [5.74, 6) is -0.141. The number of likely N-dealkylation sites (N-methyl/N-ethyl adjacent to an activating group) is 1. The van der Waals surface area contributed by atoms with Gasteiger partial charge < -0.3 is 19.8 Å². The van der Waals surface area contributed by atoms with E-state index in [0.29, 0.717) is 29.6 Å². The Hall–Kier alpha value is -2.38. The molecule has 3 heterocycles. The highest BCUT2D eigenvalue weighted by atomic mass is 16.2. The molecule has 3 rings (SSSR count). The van der Waals surface area contributed by atoms with Gasteiger partial charge in [0.25, 0.3) is 11.5 Å². The Morgan fingerprint density at radius 3 is 2.81 bits per heavy atom. The molecule has 0 spiro atoms. The molecular weight excluding hydrogens is 330 g/mol. The van der Waals surface area contributed by atoms with E-state index in [1.165, 1.54) is 0 Å². The second-order valence-corrected chi connectivity index (χ2v) is 6.74. The maximum atomic E-state index is 12.7. The third-order valence-electron chi connectivity index (χ3n) is 4.89. The summed E-state index contributed by atoms with van der Waals surface area (Å²) in [7, 11) is 2.13. The molecule has 1 fully saturated rings. The lowest BCUT2D eigenvalue weighted by Crippen LogP contribution is -2.47. The molecule has 0 unspecified atom stereocenters. The summed E-state index contributed by atoms with van der Waals surface area (Å²) in [5, 5.41) is 3.67. The molecular formula is C19H27N5O2. The van der Waals surface area contributed by atoms with Gasteiger partial charge in [0.05, 0.1) is 5.56 Å². The maximum Gasteiger partial charge on any atom is 0.275 e. The van der Waals surface area contributed by atoms with E-state index in [-0.39, 0.29) is 11.5 Å². The van der Waals surface area contributed by atoms with Crippen molar-refractivity contribution in [2.75, 3.05) is 46.3 Å². The molecule has 0 aromatic carbocycles. The topological polar surface area (TPSA) is 73.4 Å². The number of hydrogen-bond acceptors (Lipinski definition) is 4. The van der Waals surface area contributed by atoms with Gasteiger partial charge in [-0.15, -0.1) is 0 Å². The van der Waals surface area contributed by atoms with Crippen molar-refractivity contribution in [2.24, 2.45) is 0 Å². The van der Waals surface area contributed by atoms with E-state index in [1.54, 1.807) is 23.0 Å². The first-order valence-electron chi connectivity index (χ1n) is 9.11. The van der Waals surface area contributed by atoms with E-state index >= 15 is 0 Å². The van der Waals surface area contributed by atoms with Gasteiger partial charge in [-0.3, -0.25) is 14.5 Å². The largest absolute Gasteiger partial charge is 0.357 e. The summed E-state index contributed by atoms with van der Waals surface area (Å²) in [5.41, 5.74) is 0.891. The molecule has 1 saturated heterocycles. The predicted octanol–water partition coefficient (Wildman–Crippen LogP) is 0.883. The minimum absolute atomic E-state index is 0.114. The Kier molecular flexibility index (Phi) is 5.90.